The van der Waals surface area contributed by atoms with E-state index in [-0.39, 0.29) is 10.6 Å². The van der Waals surface area contributed by atoms with Gasteiger partial charge in [-0.05, 0) is 24.5 Å². The maximum absolute atomic E-state index is 12.0. The zero-order valence-electron chi connectivity index (χ0n) is 12.4. The van der Waals surface area contributed by atoms with E-state index in [2.05, 4.69) is 51.6 Å². The Balaban J connectivity index is 1.82. The first-order valence-corrected chi connectivity index (χ1v) is 7.43. The van der Waals surface area contributed by atoms with Crippen molar-refractivity contribution >= 4 is 23.3 Å². The fourth-order valence-corrected chi connectivity index (χ4v) is 2.28. The number of benzene rings is 1. The number of halogens is 1. The third-order valence-electron chi connectivity index (χ3n) is 3.50. The van der Waals surface area contributed by atoms with Gasteiger partial charge in [0, 0.05) is 6.54 Å². The second-order valence-corrected chi connectivity index (χ2v) is 5.43. The average Bonchev–Trinajstić information content (AvgIpc) is 2.94. The van der Waals surface area contributed by atoms with Crippen molar-refractivity contribution in [1.29, 1.82) is 0 Å². The van der Waals surface area contributed by atoms with Crippen LogP contribution in [0.15, 0.2) is 29.1 Å². The van der Waals surface area contributed by atoms with Crippen LogP contribution in [0.3, 0.4) is 0 Å². The summed E-state index contributed by atoms with van der Waals surface area (Å²) in [6.45, 7) is 4.41. The third-order valence-corrected chi connectivity index (χ3v) is 3.93. The predicted molar refractivity (Wildman–Crippen MR) is 86.5 cm³/mol. The molecule has 2 N–H and O–H groups in total. The van der Waals surface area contributed by atoms with Gasteiger partial charge < -0.3 is 5.32 Å². The SMILES string of the molecule is CCc1ccc(CNc2nc3nc(C)c(Cl)c(=O)n3[nH]2)cc1. The fraction of sp³-hybridized carbons (Fsp3) is 0.267. The number of aryl methyl sites for hydroxylation is 2. The van der Waals surface area contributed by atoms with E-state index in [4.69, 9.17) is 11.6 Å². The van der Waals surface area contributed by atoms with Gasteiger partial charge in [0.1, 0.15) is 5.02 Å². The Bertz CT molecular complexity index is 866. The molecule has 0 radical (unpaired) electrons. The third kappa shape index (κ3) is 2.69. The molecule has 114 valence electrons. The van der Waals surface area contributed by atoms with E-state index < -0.39 is 0 Å². The van der Waals surface area contributed by atoms with Gasteiger partial charge >= 0.3 is 0 Å². The van der Waals surface area contributed by atoms with Gasteiger partial charge in [0.05, 0.1) is 5.69 Å². The van der Waals surface area contributed by atoms with E-state index in [1.54, 1.807) is 6.92 Å². The molecule has 6 nitrogen and oxygen atoms in total. The Morgan fingerprint density at radius 1 is 1.23 bits per heavy atom. The van der Waals surface area contributed by atoms with Crippen LogP contribution >= 0.6 is 11.6 Å². The summed E-state index contributed by atoms with van der Waals surface area (Å²) in [6.07, 6.45) is 1.02. The second kappa shape index (κ2) is 5.81. The summed E-state index contributed by atoms with van der Waals surface area (Å²) in [5, 5.41) is 6.10. The lowest BCUT2D eigenvalue weighted by atomic mass is 10.1. The van der Waals surface area contributed by atoms with E-state index >= 15 is 0 Å². The lowest BCUT2D eigenvalue weighted by molar-refractivity contribution is 0.886. The van der Waals surface area contributed by atoms with E-state index in [0.29, 0.717) is 24.0 Å². The molecule has 22 heavy (non-hydrogen) atoms. The Hall–Kier alpha value is -2.34. The molecule has 0 fully saturated rings. The highest BCUT2D eigenvalue weighted by atomic mass is 35.5. The number of hydrogen-bond acceptors (Lipinski definition) is 4. The summed E-state index contributed by atoms with van der Waals surface area (Å²) in [6, 6.07) is 8.34. The number of hydrogen-bond donors (Lipinski definition) is 2. The van der Waals surface area contributed by atoms with E-state index in [1.807, 2.05) is 0 Å². The molecule has 0 bridgehead atoms. The molecule has 0 unspecified atom stereocenters. The number of anilines is 1. The Kier molecular flexibility index (Phi) is 3.85. The molecule has 0 saturated heterocycles. The monoisotopic (exact) mass is 317 g/mol. The summed E-state index contributed by atoms with van der Waals surface area (Å²) in [7, 11) is 0. The Labute approximate surface area is 132 Å². The smallest absolute Gasteiger partial charge is 0.293 e. The lowest BCUT2D eigenvalue weighted by Gasteiger charge is -2.03. The summed E-state index contributed by atoms with van der Waals surface area (Å²) in [5.41, 5.74) is 2.55. The number of nitrogens with one attached hydrogen (secondary N) is 2. The maximum atomic E-state index is 12.0. The summed E-state index contributed by atoms with van der Waals surface area (Å²) in [5.74, 6) is 0.779. The minimum absolute atomic E-state index is 0.0999. The summed E-state index contributed by atoms with van der Waals surface area (Å²) >= 11 is 5.90. The molecule has 3 rings (SSSR count). The number of H-pyrrole nitrogens is 1. The topological polar surface area (TPSA) is 75.1 Å². The van der Waals surface area contributed by atoms with Crippen molar-refractivity contribution < 1.29 is 0 Å². The Morgan fingerprint density at radius 3 is 2.59 bits per heavy atom. The normalized spacial score (nSPS) is 11.0. The molecule has 0 aliphatic carbocycles. The van der Waals surface area contributed by atoms with Gasteiger partial charge in [-0.3, -0.25) is 9.89 Å². The standard InChI is InChI=1S/C15H16ClN5O/c1-3-10-4-6-11(7-5-10)8-17-14-19-15-18-9(2)12(16)13(22)21(15)20-14/h4-7H,3,8H2,1-2H3,(H2,17,18,19,20). The van der Waals surface area contributed by atoms with Crippen molar-refractivity contribution in [3.8, 4) is 0 Å². The molecular weight excluding hydrogens is 302 g/mol. The van der Waals surface area contributed by atoms with Crippen LogP contribution in [0.1, 0.15) is 23.7 Å². The molecule has 7 heteroatoms. The molecule has 0 atom stereocenters. The van der Waals surface area contributed by atoms with Gasteiger partial charge in [-0.1, -0.05) is 42.8 Å². The Morgan fingerprint density at radius 2 is 1.91 bits per heavy atom. The first kappa shape index (κ1) is 14.6. The number of rotatable bonds is 4. The minimum Gasteiger partial charge on any atom is -0.351 e. The van der Waals surface area contributed by atoms with Crippen LogP contribution in [0.25, 0.3) is 5.78 Å². The number of nitrogens with zero attached hydrogens (tertiary/aromatic N) is 3. The largest absolute Gasteiger partial charge is 0.351 e. The van der Waals surface area contributed by atoms with Crippen LogP contribution in [-0.2, 0) is 13.0 Å². The zero-order valence-corrected chi connectivity index (χ0v) is 13.1. The van der Waals surface area contributed by atoms with Gasteiger partial charge in [-0.25, -0.2) is 4.98 Å². The molecule has 0 amide bonds. The molecule has 0 aliphatic heterocycles. The van der Waals surface area contributed by atoms with Crippen molar-refractivity contribution in [2.75, 3.05) is 5.32 Å². The van der Waals surface area contributed by atoms with Crippen LogP contribution < -0.4 is 10.9 Å². The predicted octanol–water partition coefficient (Wildman–Crippen LogP) is 2.55. The van der Waals surface area contributed by atoms with E-state index in [1.165, 1.54) is 10.1 Å². The van der Waals surface area contributed by atoms with Crippen LogP contribution in [0.4, 0.5) is 5.95 Å². The zero-order chi connectivity index (χ0) is 15.7. The summed E-state index contributed by atoms with van der Waals surface area (Å²) < 4.78 is 1.23. The van der Waals surface area contributed by atoms with Crippen LogP contribution in [0, 0.1) is 6.92 Å². The second-order valence-electron chi connectivity index (χ2n) is 5.05. The van der Waals surface area contributed by atoms with Crippen molar-refractivity contribution in [3.05, 3.63) is 56.5 Å². The highest BCUT2D eigenvalue weighted by molar-refractivity contribution is 6.31. The molecular formula is C15H16ClN5O. The number of aromatic amines is 1. The molecule has 0 spiro atoms. The minimum atomic E-state index is -0.350. The van der Waals surface area contributed by atoms with Gasteiger partial charge in [0.2, 0.25) is 5.95 Å². The molecule has 1 aromatic carbocycles. The van der Waals surface area contributed by atoms with Crippen molar-refractivity contribution in [2.45, 2.75) is 26.8 Å². The van der Waals surface area contributed by atoms with Crippen LogP contribution in [-0.4, -0.2) is 19.6 Å². The van der Waals surface area contributed by atoms with Gasteiger partial charge in [-0.2, -0.15) is 9.50 Å². The lowest BCUT2D eigenvalue weighted by Crippen LogP contribution is -2.17. The fourth-order valence-electron chi connectivity index (χ4n) is 2.16. The van der Waals surface area contributed by atoms with E-state index in [0.717, 1.165) is 12.0 Å². The maximum Gasteiger partial charge on any atom is 0.293 e. The van der Waals surface area contributed by atoms with E-state index in [9.17, 15) is 4.79 Å². The first-order chi connectivity index (χ1) is 10.6. The molecule has 2 aromatic heterocycles. The van der Waals surface area contributed by atoms with Crippen molar-refractivity contribution in [1.82, 2.24) is 19.6 Å². The van der Waals surface area contributed by atoms with Crippen molar-refractivity contribution in [2.24, 2.45) is 0 Å². The highest BCUT2D eigenvalue weighted by Gasteiger charge is 2.11. The first-order valence-electron chi connectivity index (χ1n) is 7.05. The quantitative estimate of drug-likeness (QED) is 0.775. The molecule has 0 aliphatic rings. The highest BCUT2D eigenvalue weighted by Crippen LogP contribution is 2.10. The van der Waals surface area contributed by atoms with Crippen LogP contribution in [0.2, 0.25) is 5.02 Å². The molecule has 3 aromatic rings. The molecule has 2 heterocycles. The van der Waals surface area contributed by atoms with Gasteiger partial charge in [0.15, 0.2) is 0 Å². The average molecular weight is 318 g/mol. The van der Waals surface area contributed by atoms with Gasteiger partial charge in [-0.15, -0.1) is 0 Å². The molecule has 0 saturated carbocycles. The van der Waals surface area contributed by atoms with Crippen LogP contribution in [0.5, 0.6) is 0 Å². The summed E-state index contributed by atoms with van der Waals surface area (Å²) in [4.78, 5) is 20.4. The number of fused-ring (bicyclic) bond motifs is 1. The van der Waals surface area contributed by atoms with Gasteiger partial charge in [0.25, 0.3) is 11.3 Å². The van der Waals surface area contributed by atoms with Crippen molar-refractivity contribution in [3.63, 3.8) is 0 Å². The number of aromatic nitrogens is 4.